The number of carbonyl (C=O) groups is 2. The molecule has 24 heavy (non-hydrogen) atoms. The molecule has 122 valence electrons. The summed E-state index contributed by atoms with van der Waals surface area (Å²) in [5.74, 6) is 0.480. The van der Waals surface area contributed by atoms with Gasteiger partial charge in [0.1, 0.15) is 5.84 Å². The molecule has 0 aromatic heterocycles. The van der Waals surface area contributed by atoms with Crippen LogP contribution < -0.4 is 16.0 Å². The molecule has 2 amide bonds. The summed E-state index contributed by atoms with van der Waals surface area (Å²) in [7, 11) is 0. The van der Waals surface area contributed by atoms with E-state index in [1.165, 1.54) is 6.92 Å². The third-order valence-electron chi connectivity index (χ3n) is 3.54. The van der Waals surface area contributed by atoms with E-state index in [0.29, 0.717) is 16.9 Å². The zero-order chi connectivity index (χ0) is 16.9. The molecule has 0 saturated heterocycles. The number of anilines is 2. The van der Waals surface area contributed by atoms with Crippen molar-refractivity contribution in [3.63, 3.8) is 0 Å². The van der Waals surface area contributed by atoms with Crippen LogP contribution in [-0.2, 0) is 4.79 Å². The van der Waals surface area contributed by atoms with E-state index in [2.05, 4.69) is 20.9 Å². The summed E-state index contributed by atoms with van der Waals surface area (Å²) in [6, 6.07) is 14.3. The predicted molar refractivity (Wildman–Crippen MR) is 94.5 cm³/mol. The maximum absolute atomic E-state index is 12.3. The Bertz CT molecular complexity index is 797. The van der Waals surface area contributed by atoms with Gasteiger partial charge < -0.3 is 16.0 Å². The van der Waals surface area contributed by atoms with Crippen molar-refractivity contribution in [1.82, 2.24) is 5.32 Å². The topological polar surface area (TPSA) is 82.6 Å². The average Bonchev–Trinajstić information content (AvgIpc) is 3.09. The van der Waals surface area contributed by atoms with Gasteiger partial charge in [0.25, 0.3) is 5.91 Å². The third-order valence-corrected chi connectivity index (χ3v) is 3.54. The monoisotopic (exact) mass is 322 g/mol. The van der Waals surface area contributed by atoms with Gasteiger partial charge in [-0.1, -0.05) is 6.07 Å². The van der Waals surface area contributed by atoms with Crippen LogP contribution in [0.1, 0.15) is 22.8 Å². The van der Waals surface area contributed by atoms with Crippen LogP contribution in [-0.4, -0.2) is 30.7 Å². The van der Waals surface area contributed by atoms with Gasteiger partial charge in [0, 0.05) is 36.0 Å². The van der Waals surface area contributed by atoms with Gasteiger partial charge in [-0.05, 0) is 42.5 Å². The summed E-state index contributed by atoms with van der Waals surface area (Å²) in [5, 5.41) is 8.72. The van der Waals surface area contributed by atoms with Crippen molar-refractivity contribution in [1.29, 1.82) is 0 Å². The van der Waals surface area contributed by atoms with Crippen LogP contribution in [0, 0.1) is 0 Å². The standard InChI is InChI=1S/C18H18N4O2/c1-12(23)21-16-4-2-3-14(11-16)18(24)22-15-7-5-13(6-8-15)17-19-9-10-20-17/h2-8,11H,9-10H2,1H3,(H,19,20)(H,21,23)(H,22,24). The van der Waals surface area contributed by atoms with Crippen molar-refractivity contribution >= 4 is 29.0 Å². The van der Waals surface area contributed by atoms with E-state index in [9.17, 15) is 9.59 Å². The lowest BCUT2D eigenvalue weighted by molar-refractivity contribution is -0.114. The van der Waals surface area contributed by atoms with Crippen molar-refractivity contribution in [3.05, 3.63) is 59.7 Å². The number of amides is 2. The molecule has 2 aromatic carbocycles. The summed E-state index contributed by atoms with van der Waals surface area (Å²) in [5.41, 5.74) is 2.77. The SMILES string of the molecule is CC(=O)Nc1cccc(C(=O)Nc2ccc(C3=NCCN3)cc2)c1. The Balaban J connectivity index is 1.69. The molecule has 1 aliphatic heterocycles. The molecule has 2 aromatic rings. The fraction of sp³-hybridized carbons (Fsp3) is 0.167. The van der Waals surface area contributed by atoms with Crippen LogP contribution in [0.3, 0.4) is 0 Å². The second-order valence-corrected chi connectivity index (χ2v) is 5.45. The molecule has 6 heteroatoms. The number of carbonyl (C=O) groups excluding carboxylic acids is 2. The molecule has 0 unspecified atom stereocenters. The molecule has 3 N–H and O–H groups in total. The lowest BCUT2D eigenvalue weighted by atomic mass is 10.1. The Morgan fingerprint density at radius 3 is 2.50 bits per heavy atom. The van der Waals surface area contributed by atoms with Gasteiger partial charge in [0.15, 0.2) is 0 Å². The minimum Gasteiger partial charge on any atom is -0.368 e. The highest BCUT2D eigenvalue weighted by Gasteiger charge is 2.10. The van der Waals surface area contributed by atoms with E-state index in [-0.39, 0.29) is 11.8 Å². The van der Waals surface area contributed by atoms with E-state index in [0.717, 1.165) is 24.5 Å². The van der Waals surface area contributed by atoms with Crippen molar-refractivity contribution in [2.24, 2.45) is 4.99 Å². The van der Waals surface area contributed by atoms with Crippen LogP contribution >= 0.6 is 0 Å². The van der Waals surface area contributed by atoms with E-state index >= 15 is 0 Å². The average molecular weight is 322 g/mol. The molecule has 1 heterocycles. The van der Waals surface area contributed by atoms with Gasteiger partial charge >= 0.3 is 0 Å². The minimum atomic E-state index is -0.230. The summed E-state index contributed by atoms with van der Waals surface area (Å²) in [6.45, 7) is 3.08. The van der Waals surface area contributed by atoms with Gasteiger partial charge in [-0.15, -0.1) is 0 Å². The van der Waals surface area contributed by atoms with Gasteiger partial charge in [-0.3, -0.25) is 14.6 Å². The molecular weight excluding hydrogens is 304 g/mol. The molecular formula is C18H18N4O2. The molecule has 0 spiro atoms. The molecule has 6 nitrogen and oxygen atoms in total. The van der Waals surface area contributed by atoms with Gasteiger partial charge in [-0.25, -0.2) is 0 Å². The molecule has 3 rings (SSSR count). The molecule has 0 bridgehead atoms. The largest absolute Gasteiger partial charge is 0.368 e. The van der Waals surface area contributed by atoms with Crippen LogP contribution in [0.15, 0.2) is 53.5 Å². The number of benzene rings is 2. The third kappa shape index (κ3) is 3.78. The first kappa shape index (κ1) is 15.7. The fourth-order valence-electron chi connectivity index (χ4n) is 2.45. The van der Waals surface area contributed by atoms with Crippen LogP contribution in [0.2, 0.25) is 0 Å². The van der Waals surface area contributed by atoms with Crippen molar-refractivity contribution in [2.75, 3.05) is 23.7 Å². The van der Waals surface area contributed by atoms with E-state index in [1.54, 1.807) is 24.3 Å². The summed E-state index contributed by atoms with van der Waals surface area (Å²) < 4.78 is 0. The second kappa shape index (κ2) is 6.95. The lowest BCUT2D eigenvalue weighted by Crippen LogP contribution is -2.19. The normalized spacial score (nSPS) is 13.0. The summed E-state index contributed by atoms with van der Waals surface area (Å²) >= 11 is 0. The number of aliphatic imine (C=N–C) groups is 1. The molecule has 0 saturated carbocycles. The Hall–Kier alpha value is -3.15. The number of amidine groups is 1. The number of nitrogens with one attached hydrogen (secondary N) is 3. The number of rotatable bonds is 4. The highest BCUT2D eigenvalue weighted by molar-refractivity contribution is 6.06. The Morgan fingerprint density at radius 1 is 1.04 bits per heavy atom. The maximum atomic E-state index is 12.3. The van der Waals surface area contributed by atoms with Gasteiger partial charge in [0.05, 0.1) is 6.54 Å². The molecule has 0 atom stereocenters. The summed E-state index contributed by atoms with van der Waals surface area (Å²) in [4.78, 5) is 27.8. The maximum Gasteiger partial charge on any atom is 0.255 e. The van der Waals surface area contributed by atoms with Gasteiger partial charge in [0.2, 0.25) is 5.91 Å². The van der Waals surface area contributed by atoms with E-state index in [1.807, 2.05) is 24.3 Å². The first-order valence-corrected chi connectivity index (χ1v) is 7.69. The first-order chi connectivity index (χ1) is 11.6. The minimum absolute atomic E-state index is 0.174. The van der Waals surface area contributed by atoms with Crippen molar-refractivity contribution in [3.8, 4) is 0 Å². The highest BCUT2D eigenvalue weighted by atomic mass is 16.2. The quantitative estimate of drug-likeness (QED) is 0.807. The molecule has 0 fully saturated rings. The zero-order valence-electron chi connectivity index (χ0n) is 13.3. The van der Waals surface area contributed by atoms with E-state index < -0.39 is 0 Å². The Morgan fingerprint density at radius 2 is 1.83 bits per heavy atom. The zero-order valence-corrected chi connectivity index (χ0v) is 13.3. The Labute approximate surface area is 140 Å². The van der Waals surface area contributed by atoms with Crippen LogP contribution in [0.4, 0.5) is 11.4 Å². The molecule has 1 aliphatic rings. The van der Waals surface area contributed by atoms with Crippen LogP contribution in [0.25, 0.3) is 0 Å². The molecule has 0 aliphatic carbocycles. The van der Waals surface area contributed by atoms with Gasteiger partial charge in [-0.2, -0.15) is 0 Å². The van der Waals surface area contributed by atoms with Crippen molar-refractivity contribution in [2.45, 2.75) is 6.92 Å². The smallest absolute Gasteiger partial charge is 0.255 e. The number of hydrogen-bond donors (Lipinski definition) is 3. The van der Waals surface area contributed by atoms with E-state index in [4.69, 9.17) is 0 Å². The molecule has 0 radical (unpaired) electrons. The first-order valence-electron chi connectivity index (χ1n) is 7.69. The summed E-state index contributed by atoms with van der Waals surface area (Å²) in [6.07, 6.45) is 0. The second-order valence-electron chi connectivity index (χ2n) is 5.45. The fourth-order valence-corrected chi connectivity index (χ4v) is 2.45. The number of hydrogen-bond acceptors (Lipinski definition) is 4. The lowest BCUT2D eigenvalue weighted by Gasteiger charge is -2.08. The highest BCUT2D eigenvalue weighted by Crippen LogP contribution is 2.15. The number of nitrogens with zero attached hydrogens (tertiary/aromatic N) is 1. The van der Waals surface area contributed by atoms with Crippen LogP contribution in [0.5, 0.6) is 0 Å². The Kier molecular flexibility index (Phi) is 4.56. The predicted octanol–water partition coefficient (Wildman–Crippen LogP) is 2.25. The van der Waals surface area contributed by atoms with Crippen molar-refractivity contribution < 1.29 is 9.59 Å².